The quantitative estimate of drug-likeness (QED) is 0.853. The van der Waals surface area contributed by atoms with Crippen molar-refractivity contribution in [3.8, 4) is 0 Å². The van der Waals surface area contributed by atoms with E-state index < -0.39 is 11.7 Å². The number of benzene rings is 1. The van der Waals surface area contributed by atoms with Crippen LogP contribution in [0.4, 0.5) is 18.9 Å². The lowest BCUT2D eigenvalue weighted by Gasteiger charge is -2.42. The van der Waals surface area contributed by atoms with Crippen LogP contribution in [0.5, 0.6) is 0 Å². The van der Waals surface area contributed by atoms with Crippen molar-refractivity contribution in [2.24, 2.45) is 0 Å². The molecule has 6 heteroatoms. The highest BCUT2D eigenvalue weighted by molar-refractivity contribution is 5.46. The summed E-state index contributed by atoms with van der Waals surface area (Å²) in [6.07, 6.45) is -4.37. The van der Waals surface area contributed by atoms with Crippen LogP contribution in [0.3, 0.4) is 0 Å². The van der Waals surface area contributed by atoms with Crippen molar-refractivity contribution in [3.63, 3.8) is 0 Å². The van der Waals surface area contributed by atoms with Crippen LogP contribution in [-0.2, 0) is 12.7 Å². The molecule has 2 rings (SSSR count). The summed E-state index contributed by atoms with van der Waals surface area (Å²) in [5.74, 6) is 0. The average molecular weight is 301 g/mol. The van der Waals surface area contributed by atoms with E-state index in [1.807, 2.05) is 14.0 Å². The molecule has 1 aromatic carbocycles. The monoisotopic (exact) mass is 301 g/mol. The molecule has 1 aliphatic heterocycles. The van der Waals surface area contributed by atoms with Gasteiger partial charge < -0.3 is 10.6 Å². The van der Waals surface area contributed by atoms with Gasteiger partial charge in [-0.25, -0.2) is 0 Å². The number of piperazine rings is 1. The molecule has 1 heterocycles. The molecule has 0 spiro atoms. The highest BCUT2D eigenvalue weighted by atomic mass is 19.4. The molecule has 2 N–H and O–H groups in total. The fourth-order valence-corrected chi connectivity index (χ4v) is 2.81. The van der Waals surface area contributed by atoms with Gasteiger partial charge in [-0.3, -0.25) is 4.90 Å². The maximum absolute atomic E-state index is 13.1. The van der Waals surface area contributed by atoms with Gasteiger partial charge in [0.05, 0.1) is 5.56 Å². The summed E-state index contributed by atoms with van der Waals surface area (Å²) < 4.78 is 39.4. The number of nitrogen functional groups attached to an aromatic ring is 1. The van der Waals surface area contributed by atoms with Gasteiger partial charge in [0.2, 0.25) is 0 Å². The van der Waals surface area contributed by atoms with Gasteiger partial charge in [-0.1, -0.05) is 6.07 Å². The van der Waals surface area contributed by atoms with Gasteiger partial charge in [0.15, 0.2) is 0 Å². The Morgan fingerprint density at radius 3 is 2.48 bits per heavy atom. The van der Waals surface area contributed by atoms with Crippen LogP contribution in [0.15, 0.2) is 18.2 Å². The topological polar surface area (TPSA) is 32.5 Å². The van der Waals surface area contributed by atoms with Crippen LogP contribution in [0, 0.1) is 0 Å². The predicted octanol–water partition coefficient (Wildman–Crippen LogP) is 2.81. The molecule has 1 aromatic rings. The lowest BCUT2D eigenvalue weighted by Crippen LogP contribution is -2.54. The fraction of sp³-hybridized carbons (Fsp3) is 0.600. The Morgan fingerprint density at radius 1 is 1.19 bits per heavy atom. The van der Waals surface area contributed by atoms with Crippen molar-refractivity contribution in [3.05, 3.63) is 29.3 Å². The van der Waals surface area contributed by atoms with Crippen LogP contribution < -0.4 is 5.73 Å². The Labute approximate surface area is 123 Å². The fourth-order valence-electron chi connectivity index (χ4n) is 2.81. The van der Waals surface area contributed by atoms with E-state index in [2.05, 4.69) is 16.7 Å². The van der Waals surface area contributed by atoms with E-state index in [4.69, 9.17) is 5.73 Å². The number of anilines is 1. The zero-order valence-corrected chi connectivity index (χ0v) is 12.6. The van der Waals surface area contributed by atoms with Crippen molar-refractivity contribution in [2.45, 2.75) is 38.7 Å². The Balaban J connectivity index is 2.23. The van der Waals surface area contributed by atoms with Gasteiger partial charge in [-0.15, -0.1) is 0 Å². The summed E-state index contributed by atoms with van der Waals surface area (Å²) in [6, 6.07) is 4.62. The molecular weight excluding hydrogens is 279 g/mol. The molecule has 3 nitrogen and oxygen atoms in total. The third-order valence-electron chi connectivity index (χ3n) is 4.24. The zero-order chi connectivity index (χ0) is 15.8. The number of halogens is 3. The molecule has 1 fully saturated rings. The third-order valence-corrected chi connectivity index (χ3v) is 4.24. The van der Waals surface area contributed by atoms with Gasteiger partial charge in [0.1, 0.15) is 0 Å². The lowest BCUT2D eigenvalue weighted by molar-refractivity contribution is -0.138. The normalized spacial score (nSPS) is 25.2. The number of nitrogens with zero attached hydrogens (tertiary/aromatic N) is 2. The van der Waals surface area contributed by atoms with Crippen LogP contribution in [0.1, 0.15) is 25.0 Å². The predicted molar refractivity (Wildman–Crippen MR) is 77.8 cm³/mol. The van der Waals surface area contributed by atoms with E-state index >= 15 is 0 Å². The molecule has 1 saturated heterocycles. The number of nitrogens with two attached hydrogens (primary N) is 1. The molecule has 0 unspecified atom stereocenters. The molecule has 0 aliphatic carbocycles. The van der Waals surface area contributed by atoms with E-state index in [-0.39, 0.29) is 11.7 Å². The van der Waals surface area contributed by atoms with Crippen molar-refractivity contribution in [2.75, 3.05) is 25.9 Å². The largest absolute Gasteiger partial charge is 0.416 e. The minimum atomic E-state index is -4.37. The molecule has 0 radical (unpaired) electrons. The van der Waals surface area contributed by atoms with Gasteiger partial charge in [-0.05, 0) is 38.6 Å². The van der Waals surface area contributed by atoms with E-state index in [0.717, 1.165) is 19.2 Å². The van der Waals surface area contributed by atoms with Gasteiger partial charge in [0, 0.05) is 37.4 Å². The first kappa shape index (κ1) is 16.1. The highest BCUT2D eigenvalue weighted by Gasteiger charge is 2.35. The van der Waals surface area contributed by atoms with Crippen LogP contribution in [0.2, 0.25) is 0 Å². The van der Waals surface area contributed by atoms with E-state index in [1.54, 1.807) is 0 Å². The second-order valence-corrected chi connectivity index (χ2v) is 5.98. The Kier molecular flexibility index (Phi) is 4.49. The summed E-state index contributed by atoms with van der Waals surface area (Å²) in [4.78, 5) is 4.33. The average Bonchev–Trinajstić information content (AvgIpc) is 2.36. The van der Waals surface area contributed by atoms with E-state index in [0.29, 0.717) is 18.2 Å². The second kappa shape index (κ2) is 5.85. The van der Waals surface area contributed by atoms with Gasteiger partial charge in [-0.2, -0.15) is 13.2 Å². The minimum absolute atomic E-state index is 0.144. The maximum Gasteiger partial charge on any atom is 0.416 e. The first-order chi connectivity index (χ1) is 9.68. The first-order valence-corrected chi connectivity index (χ1v) is 7.08. The molecule has 0 bridgehead atoms. The van der Waals surface area contributed by atoms with Crippen LogP contribution >= 0.6 is 0 Å². The minimum Gasteiger partial charge on any atom is -0.399 e. The summed E-state index contributed by atoms with van der Waals surface area (Å²) >= 11 is 0. The SMILES string of the molecule is C[C@@H]1CN(Cc2ccc(N)cc2C(F)(F)F)[C@@H](C)CN1C. The molecule has 0 amide bonds. The van der Waals surface area contributed by atoms with Crippen molar-refractivity contribution >= 4 is 5.69 Å². The van der Waals surface area contributed by atoms with Crippen LogP contribution in [-0.4, -0.2) is 42.0 Å². The molecular formula is C15H22F3N3. The molecule has 2 atom stereocenters. The van der Waals surface area contributed by atoms with E-state index in [9.17, 15) is 13.2 Å². The van der Waals surface area contributed by atoms with Crippen molar-refractivity contribution < 1.29 is 13.2 Å². The summed E-state index contributed by atoms with van der Waals surface area (Å²) in [5, 5.41) is 0. The number of hydrogen-bond donors (Lipinski definition) is 1. The zero-order valence-electron chi connectivity index (χ0n) is 12.6. The third kappa shape index (κ3) is 3.68. The Bertz CT molecular complexity index is 501. The standard InChI is InChI=1S/C15H22F3N3/c1-10-8-21(11(2)7-20(10)3)9-12-4-5-13(19)6-14(12)15(16,17)18/h4-6,10-11H,7-9,19H2,1-3H3/t10-,11+/m1/s1. The molecule has 118 valence electrons. The molecule has 0 aromatic heterocycles. The smallest absolute Gasteiger partial charge is 0.399 e. The van der Waals surface area contributed by atoms with Crippen LogP contribution in [0.25, 0.3) is 0 Å². The van der Waals surface area contributed by atoms with E-state index in [1.165, 1.54) is 12.1 Å². The molecule has 1 aliphatic rings. The molecule has 0 saturated carbocycles. The summed E-state index contributed by atoms with van der Waals surface area (Å²) in [6.45, 7) is 6.06. The summed E-state index contributed by atoms with van der Waals surface area (Å²) in [5.41, 5.74) is 5.32. The van der Waals surface area contributed by atoms with Gasteiger partial charge >= 0.3 is 6.18 Å². The number of hydrogen-bond acceptors (Lipinski definition) is 3. The number of rotatable bonds is 2. The number of alkyl halides is 3. The second-order valence-electron chi connectivity index (χ2n) is 5.98. The molecule has 21 heavy (non-hydrogen) atoms. The lowest BCUT2D eigenvalue weighted by atomic mass is 10.0. The van der Waals surface area contributed by atoms with Crippen molar-refractivity contribution in [1.29, 1.82) is 0 Å². The Hall–Kier alpha value is -1.27. The number of likely N-dealkylation sites (N-methyl/N-ethyl adjacent to an activating group) is 1. The Morgan fingerprint density at radius 2 is 1.86 bits per heavy atom. The first-order valence-electron chi connectivity index (χ1n) is 7.08. The maximum atomic E-state index is 13.1. The summed E-state index contributed by atoms with van der Waals surface area (Å²) in [7, 11) is 2.04. The highest BCUT2D eigenvalue weighted by Crippen LogP contribution is 2.34. The van der Waals surface area contributed by atoms with Gasteiger partial charge in [0.25, 0.3) is 0 Å². The van der Waals surface area contributed by atoms with Crippen molar-refractivity contribution in [1.82, 2.24) is 9.80 Å².